The minimum Gasteiger partial charge on any atom is -0.299 e. The number of hydrogen-bond acceptors (Lipinski definition) is 1. The maximum absolute atomic E-state index is 12.5. The predicted octanol–water partition coefficient (Wildman–Crippen LogP) is 3.19. The van der Waals surface area contributed by atoms with Gasteiger partial charge in [-0.25, -0.2) is 0 Å². The van der Waals surface area contributed by atoms with E-state index in [1.165, 1.54) is 0 Å². The summed E-state index contributed by atoms with van der Waals surface area (Å²) in [6.07, 6.45) is -3.59. The van der Waals surface area contributed by atoms with E-state index in [4.69, 9.17) is 0 Å². The quantitative estimate of drug-likeness (QED) is 0.559. The summed E-state index contributed by atoms with van der Waals surface area (Å²) < 4.78 is 37.4. The molecular weight excluding hydrogens is 193 g/mol. The van der Waals surface area contributed by atoms with Crippen LogP contribution in [0.4, 0.5) is 13.2 Å². The van der Waals surface area contributed by atoms with Gasteiger partial charge in [0.25, 0.3) is 0 Å². The first-order valence-corrected chi connectivity index (χ1v) is 4.90. The zero-order valence-corrected chi connectivity index (χ0v) is 8.40. The molecule has 1 aliphatic carbocycles. The Morgan fingerprint density at radius 1 is 1.14 bits per heavy atom. The van der Waals surface area contributed by atoms with Crippen LogP contribution in [0.2, 0.25) is 0 Å². The second kappa shape index (κ2) is 3.91. The van der Waals surface area contributed by atoms with Gasteiger partial charge < -0.3 is 0 Å². The topological polar surface area (TPSA) is 17.1 Å². The summed E-state index contributed by atoms with van der Waals surface area (Å²) >= 11 is 0. The number of alkyl halides is 3. The van der Waals surface area contributed by atoms with Gasteiger partial charge >= 0.3 is 6.18 Å². The van der Waals surface area contributed by atoms with Crippen molar-refractivity contribution in [1.82, 2.24) is 0 Å². The van der Waals surface area contributed by atoms with Crippen molar-refractivity contribution in [2.24, 2.45) is 17.8 Å². The van der Waals surface area contributed by atoms with Gasteiger partial charge in [0.15, 0.2) is 0 Å². The lowest BCUT2D eigenvalue weighted by Gasteiger charge is -2.18. The Hall–Kier alpha value is -0.540. The lowest BCUT2D eigenvalue weighted by atomic mass is 9.93. The maximum Gasteiger partial charge on any atom is 0.398 e. The second-order valence-corrected chi connectivity index (χ2v) is 4.45. The molecule has 0 bridgehead atoms. The van der Waals surface area contributed by atoms with E-state index in [9.17, 15) is 18.0 Å². The van der Waals surface area contributed by atoms with Crippen LogP contribution >= 0.6 is 0 Å². The number of carbonyl (C=O) groups excluding carboxylic acids is 1. The third kappa shape index (κ3) is 2.72. The Labute approximate surface area is 81.7 Å². The van der Waals surface area contributed by atoms with Crippen LogP contribution in [0, 0.1) is 17.8 Å². The SMILES string of the molecule is CC1CC(=O)C(C(F)(F)F)CC(C)C1. The number of halogens is 3. The number of hydrogen-bond donors (Lipinski definition) is 0. The highest BCUT2D eigenvalue weighted by molar-refractivity contribution is 5.82. The third-order valence-electron chi connectivity index (χ3n) is 2.78. The van der Waals surface area contributed by atoms with E-state index in [0.717, 1.165) is 6.42 Å². The zero-order chi connectivity index (χ0) is 10.9. The summed E-state index contributed by atoms with van der Waals surface area (Å²) in [6, 6.07) is 0. The summed E-state index contributed by atoms with van der Waals surface area (Å²) in [6.45, 7) is 3.63. The van der Waals surface area contributed by atoms with Crippen molar-refractivity contribution in [1.29, 1.82) is 0 Å². The van der Waals surface area contributed by atoms with Gasteiger partial charge in [-0.3, -0.25) is 4.79 Å². The summed E-state index contributed by atoms with van der Waals surface area (Å²) in [7, 11) is 0. The average Bonchev–Trinajstić information content (AvgIpc) is 2.07. The zero-order valence-electron chi connectivity index (χ0n) is 8.40. The predicted molar refractivity (Wildman–Crippen MR) is 46.7 cm³/mol. The van der Waals surface area contributed by atoms with Crippen molar-refractivity contribution in [2.75, 3.05) is 0 Å². The van der Waals surface area contributed by atoms with Gasteiger partial charge in [0, 0.05) is 6.42 Å². The summed E-state index contributed by atoms with van der Waals surface area (Å²) in [5, 5.41) is 0. The van der Waals surface area contributed by atoms with Gasteiger partial charge in [0.1, 0.15) is 11.7 Å². The van der Waals surface area contributed by atoms with Crippen LogP contribution in [-0.2, 0) is 4.79 Å². The lowest BCUT2D eigenvalue weighted by molar-refractivity contribution is -0.183. The van der Waals surface area contributed by atoms with Crippen LogP contribution in [-0.4, -0.2) is 12.0 Å². The molecule has 0 aromatic heterocycles. The van der Waals surface area contributed by atoms with Crippen LogP contribution in [0.15, 0.2) is 0 Å². The van der Waals surface area contributed by atoms with E-state index in [1.807, 2.05) is 6.92 Å². The lowest BCUT2D eigenvalue weighted by Crippen LogP contribution is -2.30. The van der Waals surface area contributed by atoms with Gasteiger partial charge in [-0.2, -0.15) is 13.2 Å². The van der Waals surface area contributed by atoms with Crippen LogP contribution in [0.3, 0.4) is 0 Å². The first kappa shape index (κ1) is 11.5. The second-order valence-electron chi connectivity index (χ2n) is 4.45. The molecule has 1 saturated carbocycles. The van der Waals surface area contributed by atoms with Crippen LogP contribution in [0.5, 0.6) is 0 Å². The Morgan fingerprint density at radius 3 is 2.21 bits per heavy atom. The molecule has 1 rings (SSSR count). The number of ketones is 1. The van der Waals surface area contributed by atoms with Crippen molar-refractivity contribution in [3.8, 4) is 0 Å². The van der Waals surface area contributed by atoms with Crippen molar-refractivity contribution in [2.45, 2.75) is 39.3 Å². The molecule has 82 valence electrons. The van der Waals surface area contributed by atoms with Gasteiger partial charge in [-0.15, -0.1) is 0 Å². The number of carbonyl (C=O) groups is 1. The summed E-state index contributed by atoms with van der Waals surface area (Å²) in [5.74, 6) is -2.27. The van der Waals surface area contributed by atoms with Gasteiger partial charge in [-0.1, -0.05) is 13.8 Å². The monoisotopic (exact) mass is 208 g/mol. The minimum absolute atomic E-state index is 0.0110. The normalized spacial score (nSPS) is 35.5. The minimum atomic E-state index is -4.35. The fourth-order valence-corrected chi connectivity index (χ4v) is 2.20. The molecule has 0 aromatic carbocycles. The molecule has 3 unspecified atom stereocenters. The standard InChI is InChI=1S/C10H15F3O/c1-6-3-7(2)5-9(14)8(4-6)10(11,12)13/h6-8H,3-5H2,1-2H3. The first-order chi connectivity index (χ1) is 6.30. The van der Waals surface area contributed by atoms with Crippen LogP contribution in [0.25, 0.3) is 0 Å². The molecule has 1 fully saturated rings. The molecule has 0 radical (unpaired) electrons. The Morgan fingerprint density at radius 2 is 1.71 bits per heavy atom. The molecule has 1 nitrogen and oxygen atoms in total. The number of Topliss-reactive ketones (excluding diaryl/α,β-unsaturated/α-hetero) is 1. The molecule has 1 aliphatic rings. The molecule has 0 aromatic rings. The molecule has 0 amide bonds. The molecule has 0 aliphatic heterocycles. The number of rotatable bonds is 0. The highest BCUT2D eigenvalue weighted by Crippen LogP contribution is 2.38. The van der Waals surface area contributed by atoms with E-state index < -0.39 is 17.9 Å². The highest BCUT2D eigenvalue weighted by atomic mass is 19.4. The van der Waals surface area contributed by atoms with Crippen molar-refractivity contribution in [3.63, 3.8) is 0 Å². The third-order valence-corrected chi connectivity index (χ3v) is 2.78. The highest BCUT2D eigenvalue weighted by Gasteiger charge is 2.46. The van der Waals surface area contributed by atoms with Crippen molar-refractivity contribution < 1.29 is 18.0 Å². The van der Waals surface area contributed by atoms with Crippen LogP contribution in [0.1, 0.15) is 33.1 Å². The Balaban J connectivity index is 2.79. The maximum atomic E-state index is 12.5. The molecule has 0 spiro atoms. The fourth-order valence-electron chi connectivity index (χ4n) is 2.20. The summed E-state index contributed by atoms with van der Waals surface area (Å²) in [4.78, 5) is 11.3. The summed E-state index contributed by atoms with van der Waals surface area (Å²) in [5.41, 5.74) is 0. The molecule has 3 atom stereocenters. The van der Waals surface area contributed by atoms with E-state index in [1.54, 1.807) is 6.92 Å². The largest absolute Gasteiger partial charge is 0.398 e. The molecule has 14 heavy (non-hydrogen) atoms. The molecular formula is C10H15F3O. The first-order valence-electron chi connectivity index (χ1n) is 4.90. The van der Waals surface area contributed by atoms with E-state index in [2.05, 4.69) is 0 Å². The van der Waals surface area contributed by atoms with Gasteiger partial charge in [-0.05, 0) is 24.7 Å². The fraction of sp³-hybridized carbons (Fsp3) is 0.900. The molecule has 0 heterocycles. The Kier molecular flexibility index (Phi) is 3.22. The molecule has 0 N–H and O–H groups in total. The van der Waals surface area contributed by atoms with Gasteiger partial charge in [0.05, 0.1) is 0 Å². The van der Waals surface area contributed by atoms with Crippen molar-refractivity contribution in [3.05, 3.63) is 0 Å². The molecule has 4 heteroatoms. The van der Waals surface area contributed by atoms with Gasteiger partial charge in [0.2, 0.25) is 0 Å². The van der Waals surface area contributed by atoms with Crippen molar-refractivity contribution >= 4 is 5.78 Å². The van der Waals surface area contributed by atoms with E-state index in [0.29, 0.717) is 0 Å². The van der Waals surface area contributed by atoms with Crippen LogP contribution < -0.4 is 0 Å². The average molecular weight is 208 g/mol. The van der Waals surface area contributed by atoms with E-state index >= 15 is 0 Å². The Bertz CT molecular complexity index is 222. The molecule has 0 saturated heterocycles. The van der Waals surface area contributed by atoms with E-state index in [-0.39, 0.29) is 24.7 Å². The smallest absolute Gasteiger partial charge is 0.299 e.